The van der Waals surface area contributed by atoms with Gasteiger partial charge in [-0.25, -0.2) is 4.39 Å². The number of halogens is 1. The Morgan fingerprint density at radius 3 is 2.24 bits per heavy atom. The van der Waals surface area contributed by atoms with E-state index >= 15 is 0 Å². The molecule has 0 N–H and O–H groups in total. The van der Waals surface area contributed by atoms with Gasteiger partial charge in [0.1, 0.15) is 0 Å². The second-order valence-electron chi connectivity index (χ2n) is 6.17. The number of allylic oxidation sites excluding steroid dienone is 1. The molecule has 2 heteroatoms. The van der Waals surface area contributed by atoms with E-state index in [-0.39, 0.29) is 0 Å². The first-order valence-corrected chi connectivity index (χ1v) is 8.06. The molecule has 1 aromatic rings. The SMILES string of the molecule is N#Cc1ccc(CC[C@H]2CC[C@H](CC/C=C/F)CC2)cc1. The Morgan fingerprint density at radius 1 is 1.05 bits per heavy atom. The molecule has 1 saturated carbocycles. The standard InChI is InChI=1S/C19H24FN/c20-14-2-1-3-16-4-6-17(7-5-16)8-9-18-10-12-19(15-21)13-11-18/h2,10-14,16-17H,1,3-9H2/b14-2+/t16-,17-. The van der Waals surface area contributed by atoms with Crippen LogP contribution in [0.3, 0.4) is 0 Å². The van der Waals surface area contributed by atoms with Crippen molar-refractivity contribution in [3.63, 3.8) is 0 Å². The van der Waals surface area contributed by atoms with E-state index in [0.717, 1.165) is 36.7 Å². The van der Waals surface area contributed by atoms with Crippen molar-refractivity contribution in [2.24, 2.45) is 11.8 Å². The Balaban J connectivity index is 1.67. The zero-order chi connectivity index (χ0) is 14.9. The van der Waals surface area contributed by atoms with Crippen molar-refractivity contribution >= 4 is 0 Å². The molecule has 0 aromatic heterocycles. The van der Waals surface area contributed by atoms with Gasteiger partial charge in [-0.3, -0.25) is 0 Å². The Bertz CT molecular complexity index is 475. The third-order valence-corrected chi connectivity index (χ3v) is 4.72. The smallest absolute Gasteiger partial charge is 0.0991 e. The fourth-order valence-electron chi connectivity index (χ4n) is 3.32. The second-order valence-corrected chi connectivity index (χ2v) is 6.17. The van der Waals surface area contributed by atoms with E-state index in [4.69, 9.17) is 5.26 Å². The van der Waals surface area contributed by atoms with Gasteiger partial charge in [0.2, 0.25) is 0 Å². The molecule has 0 atom stereocenters. The highest BCUT2D eigenvalue weighted by molar-refractivity contribution is 5.31. The Kier molecular flexibility index (Phi) is 6.47. The minimum absolute atomic E-state index is 0.670. The van der Waals surface area contributed by atoms with Crippen molar-refractivity contribution in [1.82, 2.24) is 0 Å². The van der Waals surface area contributed by atoms with Crippen molar-refractivity contribution in [3.8, 4) is 6.07 Å². The first-order chi connectivity index (χ1) is 10.3. The molecule has 0 unspecified atom stereocenters. The zero-order valence-electron chi connectivity index (χ0n) is 12.6. The fraction of sp³-hybridized carbons (Fsp3) is 0.526. The number of rotatable bonds is 6. The summed E-state index contributed by atoms with van der Waals surface area (Å²) in [6, 6.07) is 10.1. The summed E-state index contributed by atoms with van der Waals surface area (Å²) in [5.41, 5.74) is 2.07. The van der Waals surface area contributed by atoms with Gasteiger partial charge < -0.3 is 0 Å². The summed E-state index contributed by atoms with van der Waals surface area (Å²) >= 11 is 0. The molecule has 0 aliphatic heterocycles. The molecule has 0 heterocycles. The van der Waals surface area contributed by atoms with Gasteiger partial charge in [0.05, 0.1) is 18.0 Å². The summed E-state index contributed by atoms with van der Waals surface area (Å²) in [7, 11) is 0. The molecule has 1 aliphatic carbocycles. The molecule has 2 rings (SSSR count). The normalized spacial score (nSPS) is 22.3. The highest BCUT2D eigenvalue weighted by atomic mass is 19.1. The molecule has 1 aromatic carbocycles. The molecule has 0 bridgehead atoms. The average molecular weight is 285 g/mol. The van der Waals surface area contributed by atoms with Crippen LogP contribution in [-0.2, 0) is 6.42 Å². The molecule has 1 aliphatic rings. The maximum absolute atomic E-state index is 11.9. The van der Waals surface area contributed by atoms with Crippen molar-refractivity contribution in [3.05, 3.63) is 47.8 Å². The van der Waals surface area contributed by atoms with Crippen molar-refractivity contribution in [2.75, 3.05) is 0 Å². The first kappa shape index (κ1) is 15.8. The first-order valence-electron chi connectivity index (χ1n) is 8.06. The van der Waals surface area contributed by atoms with E-state index in [2.05, 4.69) is 18.2 Å². The summed E-state index contributed by atoms with van der Waals surface area (Å²) in [5, 5.41) is 8.79. The van der Waals surface area contributed by atoms with Crippen molar-refractivity contribution in [2.45, 2.75) is 51.4 Å². The fourth-order valence-corrected chi connectivity index (χ4v) is 3.32. The van der Waals surface area contributed by atoms with Gasteiger partial charge in [-0.15, -0.1) is 0 Å². The molecule has 0 amide bonds. The maximum atomic E-state index is 11.9. The van der Waals surface area contributed by atoms with E-state index in [1.807, 2.05) is 12.1 Å². The summed E-state index contributed by atoms with van der Waals surface area (Å²) in [6.45, 7) is 0. The molecule has 0 spiro atoms. The van der Waals surface area contributed by atoms with E-state index in [0.29, 0.717) is 6.33 Å². The molecule has 112 valence electrons. The van der Waals surface area contributed by atoms with E-state index in [1.165, 1.54) is 37.7 Å². The lowest BCUT2D eigenvalue weighted by Gasteiger charge is -2.28. The highest BCUT2D eigenvalue weighted by Crippen LogP contribution is 2.33. The minimum atomic E-state index is 0.670. The van der Waals surface area contributed by atoms with Gasteiger partial charge >= 0.3 is 0 Å². The number of nitrogens with zero attached hydrogens (tertiary/aromatic N) is 1. The lowest BCUT2D eigenvalue weighted by atomic mass is 9.78. The van der Waals surface area contributed by atoms with Gasteiger partial charge in [-0.05, 0) is 55.2 Å². The van der Waals surface area contributed by atoms with Gasteiger partial charge in [-0.2, -0.15) is 5.26 Å². The second kappa shape index (κ2) is 8.62. The molecule has 0 saturated heterocycles. The molecule has 1 fully saturated rings. The molecule has 0 radical (unpaired) electrons. The van der Waals surface area contributed by atoms with Crippen LogP contribution in [0.1, 0.15) is 56.1 Å². The quantitative estimate of drug-likeness (QED) is 0.671. The van der Waals surface area contributed by atoms with Crippen LogP contribution in [0, 0.1) is 23.2 Å². The summed E-state index contributed by atoms with van der Waals surface area (Å²) < 4.78 is 11.9. The van der Waals surface area contributed by atoms with Crippen LogP contribution in [0.25, 0.3) is 0 Å². The Hall–Kier alpha value is -1.62. The lowest BCUT2D eigenvalue weighted by Crippen LogP contribution is -2.15. The van der Waals surface area contributed by atoms with Crippen LogP contribution in [0.4, 0.5) is 4.39 Å². The van der Waals surface area contributed by atoms with Crippen LogP contribution in [-0.4, -0.2) is 0 Å². The van der Waals surface area contributed by atoms with E-state index < -0.39 is 0 Å². The topological polar surface area (TPSA) is 23.8 Å². The van der Waals surface area contributed by atoms with Crippen LogP contribution >= 0.6 is 0 Å². The lowest BCUT2D eigenvalue weighted by molar-refractivity contribution is 0.254. The number of benzene rings is 1. The van der Waals surface area contributed by atoms with Gasteiger partial charge in [0.25, 0.3) is 0 Å². The van der Waals surface area contributed by atoms with Crippen molar-refractivity contribution < 1.29 is 4.39 Å². The molecular weight excluding hydrogens is 261 g/mol. The van der Waals surface area contributed by atoms with Crippen molar-refractivity contribution in [1.29, 1.82) is 5.26 Å². The predicted molar refractivity (Wildman–Crippen MR) is 84.4 cm³/mol. The van der Waals surface area contributed by atoms with Gasteiger partial charge in [0, 0.05) is 0 Å². The molecule has 1 nitrogen and oxygen atoms in total. The third kappa shape index (κ3) is 5.34. The van der Waals surface area contributed by atoms with E-state index in [1.54, 1.807) is 6.08 Å². The molecule has 21 heavy (non-hydrogen) atoms. The van der Waals surface area contributed by atoms with Crippen LogP contribution < -0.4 is 0 Å². The molecular formula is C19H24FN. The number of hydrogen-bond donors (Lipinski definition) is 0. The van der Waals surface area contributed by atoms with Crippen LogP contribution in [0.15, 0.2) is 36.7 Å². The summed E-state index contributed by atoms with van der Waals surface area (Å²) in [6.07, 6.45) is 11.9. The van der Waals surface area contributed by atoms with Gasteiger partial charge in [0.15, 0.2) is 0 Å². The van der Waals surface area contributed by atoms with Crippen LogP contribution in [0.2, 0.25) is 0 Å². The minimum Gasteiger partial charge on any atom is -0.216 e. The van der Waals surface area contributed by atoms with Crippen LogP contribution in [0.5, 0.6) is 0 Å². The number of aryl methyl sites for hydroxylation is 1. The predicted octanol–water partition coefficient (Wildman–Crippen LogP) is 5.56. The number of hydrogen-bond acceptors (Lipinski definition) is 1. The average Bonchev–Trinajstić information content (AvgIpc) is 2.55. The summed E-state index contributed by atoms with van der Waals surface area (Å²) in [5.74, 6) is 1.64. The monoisotopic (exact) mass is 285 g/mol. The van der Waals surface area contributed by atoms with E-state index in [9.17, 15) is 4.39 Å². The largest absolute Gasteiger partial charge is 0.216 e. The maximum Gasteiger partial charge on any atom is 0.0991 e. The summed E-state index contributed by atoms with van der Waals surface area (Å²) in [4.78, 5) is 0. The Labute approximate surface area is 127 Å². The zero-order valence-corrected chi connectivity index (χ0v) is 12.6. The third-order valence-electron chi connectivity index (χ3n) is 4.72. The van der Waals surface area contributed by atoms with Gasteiger partial charge in [-0.1, -0.05) is 43.9 Å². The number of nitriles is 1. The highest BCUT2D eigenvalue weighted by Gasteiger charge is 2.20. The Morgan fingerprint density at radius 2 is 1.67 bits per heavy atom.